The molecule has 0 heterocycles. The summed E-state index contributed by atoms with van der Waals surface area (Å²) >= 11 is 0. The van der Waals surface area contributed by atoms with E-state index >= 15 is 0 Å². The van der Waals surface area contributed by atoms with Gasteiger partial charge >= 0.3 is 0 Å². The summed E-state index contributed by atoms with van der Waals surface area (Å²) in [6.45, 7) is 0.227. The third-order valence-corrected chi connectivity index (χ3v) is 3.82. The largest absolute Gasteiger partial charge is 0.506 e. The molecule has 0 aliphatic rings. The SMILES string of the molecule is N#Cc1ccc(-c2ccccc2)c(CCCCCCO)c1O. The van der Waals surface area contributed by atoms with Gasteiger partial charge in [0.15, 0.2) is 0 Å². The van der Waals surface area contributed by atoms with E-state index in [1.54, 1.807) is 6.07 Å². The molecule has 3 heteroatoms. The smallest absolute Gasteiger partial charge is 0.137 e. The van der Waals surface area contributed by atoms with Crippen molar-refractivity contribution in [2.45, 2.75) is 32.1 Å². The van der Waals surface area contributed by atoms with Gasteiger partial charge in [-0.15, -0.1) is 0 Å². The predicted octanol–water partition coefficient (Wildman–Crippen LogP) is 4.03. The van der Waals surface area contributed by atoms with Crippen LogP contribution in [-0.4, -0.2) is 16.8 Å². The topological polar surface area (TPSA) is 64.2 Å². The van der Waals surface area contributed by atoms with Crippen LogP contribution in [0.2, 0.25) is 0 Å². The van der Waals surface area contributed by atoms with Gasteiger partial charge in [-0.25, -0.2) is 0 Å². The van der Waals surface area contributed by atoms with Crippen molar-refractivity contribution >= 4 is 0 Å². The molecular weight excluding hydrogens is 274 g/mol. The summed E-state index contributed by atoms with van der Waals surface area (Å²) in [6, 6.07) is 15.5. The van der Waals surface area contributed by atoms with Crippen molar-refractivity contribution in [1.29, 1.82) is 5.26 Å². The molecule has 0 aromatic heterocycles. The van der Waals surface area contributed by atoms with Gasteiger partial charge < -0.3 is 10.2 Å². The lowest BCUT2D eigenvalue weighted by molar-refractivity contribution is 0.282. The summed E-state index contributed by atoms with van der Waals surface area (Å²) in [6.07, 6.45) is 4.47. The van der Waals surface area contributed by atoms with Crippen molar-refractivity contribution in [3.63, 3.8) is 0 Å². The fourth-order valence-corrected chi connectivity index (χ4v) is 2.63. The summed E-state index contributed by atoms with van der Waals surface area (Å²) in [7, 11) is 0. The fourth-order valence-electron chi connectivity index (χ4n) is 2.63. The number of unbranched alkanes of at least 4 members (excludes halogenated alkanes) is 3. The molecule has 0 fully saturated rings. The van der Waals surface area contributed by atoms with Gasteiger partial charge in [0.1, 0.15) is 11.8 Å². The van der Waals surface area contributed by atoms with Gasteiger partial charge in [-0.3, -0.25) is 0 Å². The standard InChI is InChI=1S/C19H21NO2/c20-14-16-11-12-17(15-8-4-3-5-9-15)18(19(16)22)10-6-1-2-7-13-21/h3-5,8-9,11-12,21-22H,1-2,6-7,10,13H2. The molecule has 0 aliphatic carbocycles. The minimum Gasteiger partial charge on any atom is -0.506 e. The maximum atomic E-state index is 10.4. The molecule has 0 spiro atoms. The first-order valence-electron chi connectivity index (χ1n) is 7.69. The molecular formula is C19H21NO2. The highest BCUT2D eigenvalue weighted by Gasteiger charge is 2.13. The Kier molecular flexibility index (Phi) is 6.00. The molecule has 0 bridgehead atoms. The second-order valence-electron chi connectivity index (χ2n) is 5.35. The number of aromatic hydroxyl groups is 1. The third kappa shape index (κ3) is 3.87. The molecule has 0 aliphatic heterocycles. The highest BCUT2D eigenvalue weighted by molar-refractivity contribution is 5.72. The highest BCUT2D eigenvalue weighted by Crippen LogP contribution is 2.34. The van der Waals surface area contributed by atoms with Crippen LogP contribution in [0.1, 0.15) is 36.8 Å². The zero-order valence-electron chi connectivity index (χ0n) is 12.6. The Bertz CT molecular complexity index is 644. The molecule has 0 saturated heterocycles. The first kappa shape index (κ1) is 16.1. The van der Waals surface area contributed by atoms with Crippen molar-refractivity contribution in [2.75, 3.05) is 6.61 Å². The molecule has 2 N–H and O–H groups in total. The van der Waals surface area contributed by atoms with Crippen molar-refractivity contribution < 1.29 is 10.2 Å². The van der Waals surface area contributed by atoms with E-state index in [-0.39, 0.29) is 12.4 Å². The Balaban J connectivity index is 2.26. The third-order valence-electron chi connectivity index (χ3n) is 3.82. The molecule has 2 rings (SSSR count). The average molecular weight is 295 g/mol. The van der Waals surface area contributed by atoms with E-state index in [2.05, 4.69) is 0 Å². The first-order valence-corrected chi connectivity index (χ1v) is 7.69. The molecule has 2 aromatic carbocycles. The van der Waals surface area contributed by atoms with Crippen LogP contribution < -0.4 is 0 Å². The lowest BCUT2D eigenvalue weighted by Crippen LogP contribution is -1.95. The van der Waals surface area contributed by atoms with Gasteiger partial charge in [-0.1, -0.05) is 49.2 Å². The molecule has 0 radical (unpaired) electrons. The van der Waals surface area contributed by atoms with E-state index in [9.17, 15) is 5.11 Å². The lowest BCUT2D eigenvalue weighted by Gasteiger charge is -2.13. The van der Waals surface area contributed by atoms with Crippen LogP contribution in [0.25, 0.3) is 11.1 Å². The zero-order chi connectivity index (χ0) is 15.8. The summed E-state index contributed by atoms with van der Waals surface area (Å²) in [5.74, 6) is 0.103. The van der Waals surface area contributed by atoms with Gasteiger partial charge in [-0.05, 0) is 36.5 Å². The molecule has 0 unspecified atom stereocenters. The van der Waals surface area contributed by atoms with Crippen molar-refractivity contribution in [1.82, 2.24) is 0 Å². The Morgan fingerprint density at radius 3 is 2.32 bits per heavy atom. The second kappa shape index (κ2) is 8.21. The summed E-state index contributed by atoms with van der Waals surface area (Å²) < 4.78 is 0. The highest BCUT2D eigenvalue weighted by atomic mass is 16.3. The Labute approximate surface area is 131 Å². The molecule has 2 aromatic rings. The Hall–Kier alpha value is -2.31. The van der Waals surface area contributed by atoms with Gasteiger partial charge in [0.05, 0.1) is 5.56 Å². The number of phenols is 1. The van der Waals surface area contributed by atoms with Crippen LogP contribution in [0.4, 0.5) is 0 Å². The van der Waals surface area contributed by atoms with E-state index < -0.39 is 0 Å². The minimum absolute atomic E-state index is 0.103. The van der Waals surface area contributed by atoms with E-state index in [1.807, 2.05) is 42.5 Å². The molecule has 0 amide bonds. The van der Waals surface area contributed by atoms with Crippen LogP contribution in [0.15, 0.2) is 42.5 Å². The van der Waals surface area contributed by atoms with E-state index in [0.717, 1.165) is 48.8 Å². The quantitative estimate of drug-likeness (QED) is 0.758. The summed E-state index contributed by atoms with van der Waals surface area (Å²) in [4.78, 5) is 0. The van der Waals surface area contributed by atoms with Crippen molar-refractivity contribution in [3.8, 4) is 22.9 Å². The van der Waals surface area contributed by atoms with Gasteiger partial charge in [0, 0.05) is 12.2 Å². The van der Waals surface area contributed by atoms with Crippen LogP contribution >= 0.6 is 0 Å². The number of nitriles is 1. The number of hydrogen-bond acceptors (Lipinski definition) is 3. The van der Waals surface area contributed by atoms with E-state index in [0.29, 0.717) is 5.56 Å². The number of nitrogens with zero attached hydrogens (tertiary/aromatic N) is 1. The lowest BCUT2D eigenvalue weighted by atomic mass is 9.93. The van der Waals surface area contributed by atoms with Crippen LogP contribution in [0, 0.1) is 11.3 Å². The van der Waals surface area contributed by atoms with Crippen molar-refractivity contribution in [3.05, 3.63) is 53.6 Å². The number of aliphatic hydroxyl groups is 1. The number of aliphatic hydroxyl groups excluding tert-OH is 1. The van der Waals surface area contributed by atoms with E-state index in [4.69, 9.17) is 10.4 Å². The van der Waals surface area contributed by atoms with Gasteiger partial charge in [-0.2, -0.15) is 5.26 Å². The number of hydrogen-bond donors (Lipinski definition) is 2. The number of benzene rings is 2. The number of phenolic OH excluding ortho intramolecular Hbond substituents is 1. The Morgan fingerprint density at radius 1 is 0.909 bits per heavy atom. The second-order valence-corrected chi connectivity index (χ2v) is 5.35. The molecule has 3 nitrogen and oxygen atoms in total. The molecule has 22 heavy (non-hydrogen) atoms. The Morgan fingerprint density at radius 2 is 1.64 bits per heavy atom. The van der Waals surface area contributed by atoms with E-state index in [1.165, 1.54) is 0 Å². The van der Waals surface area contributed by atoms with Gasteiger partial charge in [0.25, 0.3) is 0 Å². The minimum atomic E-state index is 0.103. The van der Waals surface area contributed by atoms with Crippen molar-refractivity contribution in [2.24, 2.45) is 0 Å². The monoisotopic (exact) mass is 295 g/mol. The van der Waals surface area contributed by atoms with Crippen LogP contribution in [0.3, 0.4) is 0 Å². The maximum absolute atomic E-state index is 10.4. The normalized spacial score (nSPS) is 10.4. The molecule has 0 saturated carbocycles. The number of rotatable bonds is 7. The molecule has 114 valence electrons. The van der Waals surface area contributed by atoms with Crippen LogP contribution in [-0.2, 0) is 6.42 Å². The summed E-state index contributed by atoms with van der Waals surface area (Å²) in [5, 5.41) is 28.3. The summed E-state index contributed by atoms with van der Waals surface area (Å²) in [5.41, 5.74) is 3.20. The molecule has 0 atom stereocenters. The fraction of sp³-hybridized carbons (Fsp3) is 0.316. The first-order chi connectivity index (χ1) is 10.8. The average Bonchev–Trinajstić information content (AvgIpc) is 2.56. The van der Waals surface area contributed by atoms with Gasteiger partial charge in [0.2, 0.25) is 0 Å². The zero-order valence-corrected chi connectivity index (χ0v) is 12.6. The van der Waals surface area contributed by atoms with Crippen LogP contribution in [0.5, 0.6) is 5.75 Å². The predicted molar refractivity (Wildman–Crippen MR) is 87.5 cm³/mol. The maximum Gasteiger partial charge on any atom is 0.137 e.